The van der Waals surface area contributed by atoms with Gasteiger partial charge in [-0.05, 0) is 20.3 Å². The minimum atomic E-state index is -4.35. The first kappa shape index (κ1) is 17.3. The Morgan fingerprint density at radius 1 is 1.48 bits per heavy atom. The van der Waals surface area contributed by atoms with Gasteiger partial charge >= 0.3 is 18.2 Å². The second-order valence-electron chi connectivity index (χ2n) is 4.94. The van der Waals surface area contributed by atoms with E-state index in [2.05, 4.69) is 0 Å². The molecule has 1 unspecified atom stereocenters. The summed E-state index contributed by atoms with van der Waals surface area (Å²) in [7, 11) is 0. The molecular formula is C13H19F3N2O3. The van der Waals surface area contributed by atoms with Crippen molar-refractivity contribution in [3.8, 4) is 0 Å². The van der Waals surface area contributed by atoms with Crippen LogP contribution in [0.5, 0.6) is 0 Å². The fourth-order valence-corrected chi connectivity index (χ4v) is 2.28. The zero-order valence-corrected chi connectivity index (χ0v) is 12.0. The van der Waals surface area contributed by atoms with Crippen LogP contribution in [0.1, 0.15) is 26.7 Å². The Balaban J connectivity index is 2.71. The van der Waals surface area contributed by atoms with Gasteiger partial charge in [0.15, 0.2) is 0 Å². The second-order valence-corrected chi connectivity index (χ2v) is 4.94. The quantitative estimate of drug-likeness (QED) is 0.812. The maximum Gasteiger partial charge on any atom is 0.412 e. The summed E-state index contributed by atoms with van der Waals surface area (Å²) in [6.07, 6.45) is -3.77. The maximum atomic E-state index is 12.5. The third kappa shape index (κ3) is 4.64. The van der Waals surface area contributed by atoms with Crippen molar-refractivity contribution in [1.82, 2.24) is 9.80 Å². The average Bonchev–Trinajstić information content (AvgIpc) is 2.37. The molecule has 0 saturated heterocycles. The topological polar surface area (TPSA) is 60.9 Å². The summed E-state index contributed by atoms with van der Waals surface area (Å²) < 4.78 is 37.6. The molecule has 0 aromatic carbocycles. The van der Waals surface area contributed by atoms with E-state index >= 15 is 0 Å². The molecule has 120 valence electrons. The van der Waals surface area contributed by atoms with E-state index in [1.165, 1.54) is 9.80 Å². The lowest BCUT2D eigenvalue weighted by Gasteiger charge is -2.35. The number of rotatable bonds is 4. The van der Waals surface area contributed by atoms with Crippen LogP contribution in [-0.2, 0) is 4.79 Å². The van der Waals surface area contributed by atoms with Gasteiger partial charge in [-0.25, -0.2) is 4.79 Å². The Morgan fingerprint density at radius 2 is 2.10 bits per heavy atom. The first-order valence-corrected chi connectivity index (χ1v) is 6.70. The van der Waals surface area contributed by atoms with Crippen molar-refractivity contribution in [2.24, 2.45) is 0 Å². The molecule has 8 heteroatoms. The Bertz CT molecular complexity index is 435. The summed E-state index contributed by atoms with van der Waals surface area (Å²) in [5.74, 6) is -1.02. The smallest absolute Gasteiger partial charge is 0.412 e. The molecule has 0 aromatic rings. The number of hydrogen-bond acceptors (Lipinski definition) is 2. The van der Waals surface area contributed by atoms with Gasteiger partial charge in [-0.1, -0.05) is 6.08 Å². The van der Waals surface area contributed by atoms with Crippen LogP contribution in [0.2, 0.25) is 0 Å². The highest BCUT2D eigenvalue weighted by molar-refractivity contribution is 5.76. The summed E-state index contributed by atoms with van der Waals surface area (Å²) in [6, 6.07) is -0.934. The minimum absolute atomic E-state index is 0.0134. The van der Waals surface area contributed by atoms with Gasteiger partial charge in [0.25, 0.3) is 0 Å². The lowest BCUT2D eigenvalue weighted by Crippen LogP contribution is -2.49. The van der Waals surface area contributed by atoms with Gasteiger partial charge in [0, 0.05) is 31.2 Å². The van der Waals surface area contributed by atoms with Crippen molar-refractivity contribution < 1.29 is 27.9 Å². The molecule has 1 aliphatic heterocycles. The predicted molar refractivity (Wildman–Crippen MR) is 69.8 cm³/mol. The van der Waals surface area contributed by atoms with Crippen LogP contribution in [0.3, 0.4) is 0 Å². The highest BCUT2D eigenvalue weighted by atomic mass is 19.4. The molecule has 0 radical (unpaired) electrons. The summed E-state index contributed by atoms with van der Waals surface area (Å²) >= 11 is 0. The highest BCUT2D eigenvalue weighted by Gasteiger charge is 2.36. The van der Waals surface area contributed by atoms with E-state index in [4.69, 9.17) is 5.11 Å². The van der Waals surface area contributed by atoms with Crippen LogP contribution >= 0.6 is 0 Å². The maximum absolute atomic E-state index is 12.5. The molecule has 0 spiro atoms. The van der Waals surface area contributed by atoms with Gasteiger partial charge in [0.2, 0.25) is 0 Å². The first-order chi connectivity index (χ1) is 9.66. The average molecular weight is 308 g/mol. The molecule has 1 rings (SSSR count). The zero-order valence-electron chi connectivity index (χ0n) is 12.0. The summed E-state index contributed by atoms with van der Waals surface area (Å²) in [4.78, 5) is 25.6. The number of halogens is 3. The number of nitrogens with zero attached hydrogens (tertiary/aromatic N) is 2. The van der Waals surface area contributed by atoms with E-state index in [9.17, 15) is 22.8 Å². The number of urea groups is 1. The predicted octanol–water partition coefficient (Wildman–Crippen LogP) is 2.49. The molecule has 0 aromatic heterocycles. The fraction of sp³-hybridized carbons (Fsp3) is 0.692. The van der Waals surface area contributed by atoms with E-state index < -0.39 is 29.8 Å². The normalized spacial score (nSPS) is 17.2. The van der Waals surface area contributed by atoms with E-state index in [1.54, 1.807) is 13.8 Å². The summed E-state index contributed by atoms with van der Waals surface area (Å²) in [5.41, 5.74) is -0.617. The first-order valence-electron chi connectivity index (χ1n) is 6.70. The van der Waals surface area contributed by atoms with Gasteiger partial charge in [-0.2, -0.15) is 13.2 Å². The SMILES string of the molecule is CCN(C(=O)N1CC=C(C(F)(F)F)CC1)C(C)CC(=O)O. The molecule has 1 N–H and O–H groups in total. The zero-order chi connectivity index (χ0) is 16.2. The van der Waals surface area contributed by atoms with Crippen molar-refractivity contribution in [3.63, 3.8) is 0 Å². The van der Waals surface area contributed by atoms with Crippen LogP contribution in [0.4, 0.5) is 18.0 Å². The molecule has 2 amide bonds. The van der Waals surface area contributed by atoms with Crippen molar-refractivity contribution in [1.29, 1.82) is 0 Å². The molecule has 1 aliphatic rings. The van der Waals surface area contributed by atoms with Crippen LogP contribution in [0.15, 0.2) is 11.6 Å². The van der Waals surface area contributed by atoms with Crippen LogP contribution < -0.4 is 0 Å². The van der Waals surface area contributed by atoms with Gasteiger partial charge < -0.3 is 14.9 Å². The van der Waals surface area contributed by atoms with Gasteiger partial charge in [-0.15, -0.1) is 0 Å². The number of carboxylic acids is 1. The number of carboxylic acid groups (broad SMARTS) is 1. The fourth-order valence-electron chi connectivity index (χ4n) is 2.28. The van der Waals surface area contributed by atoms with Crippen molar-refractivity contribution in [2.75, 3.05) is 19.6 Å². The molecule has 1 heterocycles. The second kappa shape index (κ2) is 6.82. The summed E-state index contributed by atoms with van der Waals surface area (Å²) in [5, 5.41) is 8.76. The number of amides is 2. The third-order valence-corrected chi connectivity index (χ3v) is 3.43. The van der Waals surface area contributed by atoms with E-state index in [0.717, 1.165) is 6.08 Å². The van der Waals surface area contributed by atoms with Crippen LogP contribution in [-0.4, -0.2) is 58.8 Å². The number of hydrogen-bond donors (Lipinski definition) is 1. The molecule has 0 aliphatic carbocycles. The molecule has 0 saturated carbocycles. The highest BCUT2D eigenvalue weighted by Crippen LogP contribution is 2.30. The lowest BCUT2D eigenvalue weighted by atomic mass is 10.1. The van der Waals surface area contributed by atoms with Crippen molar-refractivity contribution in [3.05, 3.63) is 11.6 Å². The summed E-state index contributed by atoms with van der Waals surface area (Å²) in [6.45, 7) is 3.50. The molecule has 21 heavy (non-hydrogen) atoms. The van der Waals surface area contributed by atoms with E-state index in [1.807, 2.05) is 0 Å². The van der Waals surface area contributed by atoms with Crippen LogP contribution in [0.25, 0.3) is 0 Å². The van der Waals surface area contributed by atoms with Crippen molar-refractivity contribution in [2.45, 2.75) is 38.9 Å². The van der Waals surface area contributed by atoms with Gasteiger partial charge in [0.1, 0.15) is 0 Å². The largest absolute Gasteiger partial charge is 0.481 e. The Kier molecular flexibility index (Phi) is 5.62. The minimum Gasteiger partial charge on any atom is -0.481 e. The monoisotopic (exact) mass is 308 g/mol. The number of aliphatic carboxylic acids is 1. The van der Waals surface area contributed by atoms with Crippen molar-refractivity contribution >= 4 is 12.0 Å². The Labute approximate surface area is 121 Å². The number of alkyl halides is 3. The molecule has 1 atom stereocenters. The Morgan fingerprint density at radius 3 is 2.48 bits per heavy atom. The van der Waals surface area contributed by atoms with E-state index in [-0.39, 0.29) is 25.9 Å². The van der Waals surface area contributed by atoms with Gasteiger partial charge in [0.05, 0.1) is 6.42 Å². The Hall–Kier alpha value is -1.73. The van der Waals surface area contributed by atoms with Gasteiger partial charge in [-0.3, -0.25) is 4.79 Å². The number of carbonyl (C=O) groups excluding carboxylic acids is 1. The lowest BCUT2D eigenvalue weighted by molar-refractivity contribution is -0.138. The number of carbonyl (C=O) groups is 2. The third-order valence-electron chi connectivity index (χ3n) is 3.43. The van der Waals surface area contributed by atoms with E-state index in [0.29, 0.717) is 6.54 Å². The molecule has 0 fully saturated rings. The van der Waals surface area contributed by atoms with Crippen LogP contribution in [0, 0.1) is 0 Å². The molecule has 0 bridgehead atoms. The molecular weight excluding hydrogens is 289 g/mol. The molecule has 5 nitrogen and oxygen atoms in total. The standard InChI is InChI=1S/C13H19F3N2O3/c1-3-18(9(2)8-11(19)20)12(21)17-6-4-10(5-7-17)13(14,15)16/h4,9H,3,5-8H2,1-2H3,(H,19,20).